The summed E-state index contributed by atoms with van der Waals surface area (Å²) in [5, 5.41) is 15.1. The molecule has 0 bridgehead atoms. The predicted octanol–water partition coefficient (Wildman–Crippen LogP) is 3.34. The third-order valence-corrected chi connectivity index (χ3v) is 4.91. The fourth-order valence-corrected chi connectivity index (χ4v) is 3.25. The summed E-state index contributed by atoms with van der Waals surface area (Å²) in [6.07, 6.45) is 0.000509. The van der Waals surface area contributed by atoms with Crippen LogP contribution in [0.2, 0.25) is 5.15 Å². The van der Waals surface area contributed by atoms with Gasteiger partial charge in [-0.1, -0.05) is 11.6 Å². The average Bonchev–Trinajstić information content (AvgIpc) is 2.75. The lowest BCUT2D eigenvalue weighted by Gasteiger charge is -2.08. The zero-order valence-electron chi connectivity index (χ0n) is 11.0. The van der Waals surface area contributed by atoms with Crippen LogP contribution in [0.25, 0.3) is 0 Å². The molecule has 2 heterocycles. The van der Waals surface area contributed by atoms with E-state index in [0.29, 0.717) is 11.6 Å². The molecule has 2 aromatic rings. The van der Waals surface area contributed by atoms with Crippen LogP contribution in [-0.2, 0) is 13.5 Å². The first-order valence-electron chi connectivity index (χ1n) is 5.83. The molecule has 3 nitrogen and oxygen atoms in total. The van der Waals surface area contributed by atoms with Crippen LogP contribution in [0.15, 0.2) is 6.07 Å². The molecule has 0 aliphatic rings. The van der Waals surface area contributed by atoms with Crippen molar-refractivity contribution in [3.63, 3.8) is 0 Å². The Labute approximate surface area is 116 Å². The summed E-state index contributed by atoms with van der Waals surface area (Å²) in [7, 11) is 1.81. The lowest BCUT2D eigenvalue weighted by molar-refractivity contribution is 0.182. The summed E-state index contributed by atoms with van der Waals surface area (Å²) in [5.74, 6) is 0. The third kappa shape index (κ3) is 2.46. The zero-order valence-corrected chi connectivity index (χ0v) is 12.6. The maximum absolute atomic E-state index is 10.3. The molecular weight excluding hydrogens is 268 g/mol. The van der Waals surface area contributed by atoms with Crippen molar-refractivity contribution in [2.45, 2.75) is 33.3 Å². The minimum absolute atomic E-state index is 0.511. The van der Waals surface area contributed by atoms with E-state index in [2.05, 4.69) is 18.9 Å². The van der Waals surface area contributed by atoms with Crippen LogP contribution in [0.1, 0.15) is 32.7 Å². The van der Waals surface area contributed by atoms with Crippen molar-refractivity contribution in [1.82, 2.24) is 9.78 Å². The summed E-state index contributed by atoms with van der Waals surface area (Å²) in [4.78, 5) is 2.24. The van der Waals surface area contributed by atoms with Gasteiger partial charge in [-0.3, -0.25) is 4.68 Å². The molecule has 5 heteroatoms. The molecule has 1 atom stereocenters. The van der Waals surface area contributed by atoms with Crippen LogP contribution < -0.4 is 0 Å². The van der Waals surface area contributed by atoms with E-state index in [9.17, 15) is 5.11 Å². The van der Waals surface area contributed by atoms with E-state index < -0.39 is 6.10 Å². The Morgan fingerprint density at radius 3 is 2.56 bits per heavy atom. The first-order valence-corrected chi connectivity index (χ1v) is 7.02. The number of aliphatic hydroxyl groups is 1. The maximum Gasteiger partial charge on any atom is 0.130 e. The molecular formula is C13H17ClN2OS. The number of thiophene rings is 1. The largest absolute Gasteiger partial charge is 0.387 e. The minimum atomic E-state index is -0.511. The van der Waals surface area contributed by atoms with Gasteiger partial charge >= 0.3 is 0 Å². The molecule has 0 aliphatic heterocycles. The SMILES string of the molecule is Cc1cc(C(O)Cc2c(C)nn(C)c2Cl)sc1C. The van der Waals surface area contributed by atoms with Crippen molar-refractivity contribution in [3.05, 3.63) is 37.8 Å². The fraction of sp³-hybridized carbons (Fsp3) is 0.462. The van der Waals surface area contributed by atoms with E-state index in [1.807, 2.05) is 20.0 Å². The van der Waals surface area contributed by atoms with Crippen molar-refractivity contribution >= 4 is 22.9 Å². The Kier molecular flexibility index (Phi) is 3.80. The second-order valence-corrected chi connectivity index (χ2v) is 6.23. The maximum atomic E-state index is 10.3. The van der Waals surface area contributed by atoms with Crippen LogP contribution in [0, 0.1) is 20.8 Å². The van der Waals surface area contributed by atoms with Gasteiger partial charge in [0.25, 0.3) is 0 Å². The first-order chi connectivity index (χ1) is 8.40. The normalized spacial score (nSPS) is 13.0. The molecule has 1 unspecified atom stereocenters. The fourth-order valence-electron chi connectivity index (χ4n) is 1.97. The molecule has 0 saturated carbocycles. The number of hydrogen-bond acceptors (Lipinski definition) is 3. The number of aromatic nitrogens is 2. The number of aryl methyl sites for hydroxylation is 4. The Morgan fingerprint density at radius 1 is 1.44 bits per heavy atom. The molecule has 1 N–H and O–H groups in total. The van der Waals surface area contributed by atoms with Gasteiger partial charge in [0, 0.05) is 28.8 Å². The number of rotatable bonds is 3. The number of aliphatic hydroxyl groups excluding tert-OH is 1. The Morgan fingerprint density at radius 2 is 2.11 bits per heavy atom. The van der Waals surface area contributed by atoms with Crippen molar-refractivity contribution in [2.75, 3.05) is 0 Å². The Balaban J connectivity index is 2.23. The third-order valence-electron chi connectivity index (χ3n) is 3.18. The predicted molar refractivity (Wildman–Crippen MR) is 75.4 cm³/mol. The molecule has 2 rings (SSSR count). The number of hydrogen-bond donors (Lipinski definition) is 1. The highest BCUT2D eigenvalue weighted by Gasteiger charge is 2.18. The average molecular weight is 285 g/mol. The molecule has 0 aromatic carbocycles. The highest BCUT2D eigenvalue weighted by atomic mass is 35.5. The quantitative estimate of drug-likeness (QED) is 0.939. The number of nitrogens with zero attached hydrogens (tertiary/aromatic N) is 2. The van der Waals surface area contributed by atoms with Crippen molar-refractivity contribution in [2.24, 2.45) is 7.05 Å². The van der Waals surface area contributed by atoms with Gasteiger partial charge in [0.2, 0.25) is 0 Å². The van der Waals surface area contributed by atoms with Gasteiger partial charge in [0.05, 0.1) is 11.8 Å². The van der Waals surface area contributed by atoms with Crippen molar-refractivity contribution < 1.29 is 5.11 Å². The summed E-state index contributed by atoms with van der Waals surface area (Å²) in [6.45, 7) is 6.04. The molecule has 0 saturated heterocycles. The van der Waals surface area contributed by atoms with E-state index in [-0.39, 0.29) is 0 Å². The van der Waals surface area contributed by atoms with Crippen LogP contribution in [0.4, 0.5) is 0 Å². The Hall–Kier alpha value is -0.840. The van der Waals surface area contributed by atoms with Crippen molar-refractivity contribution in [3.8, 4) is 0 Å². The molecule has 2 aromatic heterocycles. The van der Waals surface area contributed by atoms with E-state index in [1.165, 1.54) is 10.4 Å². The monoisotopic (exact) mass is 284 g/mol. The van der Waals surface area contributed by atoms with Gasteiger partial charge < -0.3 is 5.11 Å². The Bertz CT molecular complexity index is 554. The molecule has 0 fully saturated rings. The van der Waals surface area contributed by atoms with Gasteiger partial charge in [-0.2, -0.15) is 5.10 Å². The van der Waals surface area contributed by atoms with Gasteiger partial charge in [-0.05, 0) is 32.4 Å². The molecule has 0 radical (unpaired) electrons. The van der Waals surface area contributed by atoms with Crippen LogP contribution in [0.3, 0.4) is 0 Å². The molecule has 18 heavy (non-hydrogen) atoms. The molecule has 0 aliphatic carbocycles. The standard InChI is InChI=1S/C13H17ClN2OS/c1-7-5-12(18-9(7)3)11(17)6-10-8(2)15-16(4)13(10)14/h5,11,17H,6H2,1-4H3. The second-order valence-electron chi connectivity index (χ2n) is 4.59. The lowest BCUT2D eigenvalue weighted by atomic mass is 10.1. The van der Waals surface area contributed by atoms with E-state index in [1.54, 1.807) is 16.0 Å². The van der Waals surface area contributed by atoms with Crippen molar-refractivity contribution in [1.29, 1.82) is 0 Å². The summed E-state index contributed by atoms with van der Waals surface area (Å²) in [5.41, 5.74) is 3.03. The first kappa shape index (κ1) is 13.6. The van der Waals surface area contributed by atoms with E-state index in [0.717, 1.165) is 16.1 Å². The zero-order chi connectivity index (χ0) is 13.4. The highest BCUT2D eigenvalue weighted by Crippen LogP contribution is 2.31. The second kappa shape index (κ2) is 5.03. The van der Waals surface area contributed by atoms with Gasteiger partial charge in [-0.15, -0.1) is 11.3 Å². The summed E-state index contributed by atoms with van der Waals surface area (Å²) in [6, 6.07) is 2.05. The van der Waals surface area contributed by atoms with E-state index >= 15 is 0 Å². The molecule has 0 amide bonds. The topological polar surface area (TPSA) is 38.1 Å². The van der Waals surface area contributed by atoms with Crippen LogP contribution in [0.5, 0.6) is 0 Å². The summed E-state index contributed by atoms with van der Waals surface area (Å²) < 4.78 is 1.64. The van der Waals surface area contributed by atoms with E-state index in [4.69, 9.17) is 11.6 Å². The van der Waals surface area contributed by atoms with Crippen LogP contribution >= 0.6 is 22.9 Å². The van der Waals surface area contributed by atoms with Crippen LogP contribution in [-0.4, -0.2) is 14.9 Å². The van der Waals surface area contributed by atoms with Gasteiger partial charge in [0.1, 0.15) is 5.15 Å². The lowest BCUT2D eigenvalue weighted by Crippen LogP contribution is -2.00. The number of halogens is 1. The minimum Gasteiger partial charge on any atom is -0.387 e. The summed E-state index contributed by atoms with van der Waals surface area (Å²) >= 11 is 7.81. The highest BCUT2D eigenvalue weighted by molar-refractivity contribution is 7.12. The van der Waals surface area contributed by atoms with Gasteiger partial charge in [-0.25, -0.2) is 0 Å². The molecule has 0 spiro atoms. The smallest absolute Gasteiger partial charge is 0.130 e. The molecule has 98 valence electrons. The van der Waals surface area contributed by atoms with Gasteiger partial charge in [0.15, 0.2) is 0 Å².